The molecule has 20 heavy (non-hydrogen) atoms. The van der Waals surface area contributed by atoms with E-state index in [9.17, 15) is 4.79 Å². The molecule has 0 radical (unpaired) electrons. The lowest BCUT2D eigenvalue weighted by Crippen LogP contribution is -1.99. The standard InChI is InChI=1S/C13H10O.C6H6/c14-13(11-7-3-1-4-8-11)12-9-5-2-6-10-12;1-3-5-6-4-2/h1-10H;1-2H3. The lowest BCUT2D eigenvalue weighted by atomic mass is 10.0. The van der Waals surface area contributed by atoms with Crippen LogP contribution in [-0.2, 0) is 0 Å². The topological polar surface area (TPSA) is 17.1 Å². The van der Waals surface area contributed by atoms with Crippen LogP contribution in [0.15, 0.2) is 60.7 Å². The molecule has 1 nitrogen and oxygen atoms in total. The van der Waals surface area contributed by atoms with E-state index in [0.29, 0.717) is 0 Å². The van der Waals surface area contributed by atoms with Gasteiger partial charge in [0.15, 0.2) is 5.78 Å². The van der Waals surface area contributed by atoms with Crippen LogP contribution in [-0.4, -0.2) is 5.78 Å². The third kappa shape index (κ3) is 5.25. The van der Waals surface area contributed by atoms with Gasteiger partial charge in [0.1, 0.15) is 0 Å². The van der Waals surface area contributed by atoms with E-state index in [-0.39, 0.29) is 5.78 Å². The van der Waals surface area contributed by atoms with Crippen LogP contribution < -0.4 is 0 Å². The van der Waals surface area contributed by atoms with Crippen molar-refractivity contribution in [2.75, 3.05) is 0 Å². The van der Waals surface area contributed by atoms with E-state index in [4.69, 9.17) is 0 Å². The Morgan fingerprint density at radius 2 is 1.05 bits per heavy atom. The first-order valence-corrected chi connectivity index (χ1v) is 6.28. The van der Waals surface area contributed by atoms with Crippen molar-refractivity contribution in [3.05, 3.63) is 71.8 Å². The van der Waals surface area contributed by atoms with Gasteiger partial charge >= 0.3 is 0 Å². The van der Waals surface area contributed by atoms with Gasteiger partial charge < -0.3 is 0 Å². The second-order valence-corrected chi connectivity index (χ2v) is 3.81. The van der Waals surface area contributed by atoms with Gasteiger partial charge in [0, 0.05) is 11.1 Å². The minimum Gasteiger partial charge on any atom is -0.289 e. The van der Waals surface area contributed by atoms with Crippen LogP contribution in [0.5, 0.6) is 0 Å². The van der Waals surface area contributed by atoms with E-state index in [1.165, 1.54) is 0 Å². The average Bonchev–Trinajstić information content (AvgIpc) is 2.54. The third-order valence-corrected chi connectivity index (χ3v) is 2.38. The predicted octanol–water partition coefficient (Wildman–Crippen LogP) is 3.95. The number of carbonyl (C=O) groups excluding carboxylic acids is 1. The summed E-state index contributed by atoms with van der Waals surface area (Å²) < 4.78 is 0. The first-order valence-electron chi connectivity index (χ1n) is 6.28. The van der Waals surface area contributed by atoms with Gasteiger partial charge in [-0.2, -0.15) is 0 Å². The number of hydrogen-bond donors (Lipinski definition) is 0. The number of carbonyl (C=O) groups is 1. The largest absolute Gasteiger partial charge is 0.289 e. The molecule has 2 rings (SSSR count). The normalized spacial score (nSPS) is 7.90. The maximum absolute atomic E-state index is 11.8. The van der Waals surface area contributed by atoms with E-state index in [0.717, 1.165) is 11.1 Å². The molecule has 0 aliphatic carbocycles. The summed E-state index contributed by atoms with van der Waals surface area (Å²) in [5, 5.41) is 0. The van der Waals surface area contributed by atoms with Crippen molar-refractivity contribution in [2.24, 2.45) is 0 Å². The molecule has 2 aromatic carbocycles. The van der Waals surface area contributed by atoms with Crippen LogP contribution in [0.2, 0.25) is 0 Å². The second kappa shape index (κ2) is 9.20. The number of benzene rings is 2. The van der Waals surface area contributed by atoms with E-state index in [1.807, 2.05) is 60.7 Å². The number of hydrogen-bond acceptors (Lipinski definition) is 1. The Balaban J connectivity index is 0.000000286. The van der Waals surface area contributed by atoms with Crippen molar-refractivity contribution in [3.63, 3.8) is 0 Å². The number of rotatable bonds is 2. The van der Waals surface area contributed by atoms with Gasteiger partial charge in [0.25, 0.3) is 0 Å². The SMILES string of the molecule is CC#CC#CC.O=C(c1ccccc1)c1ccccc1. The lowest BCUT2D eigenvalue weighted by molar-refractivity contribution is 0.103. The highest BCUT2D eigenvalue weighted by Crippen LogP contribution is 2.08. The highest BCUT2D eigenvalue weighted by Gasteiger charge is 2.06. The summed E-state index contributed by atoms with van der Waals surface area (Å²) in [7, 11) is 0. The molecule has 0 aliphatic heterocycles. The molecule has 2 aromatic rings. The molecular weight excluding hydrogens is 244 g/mol. The Labute approximate surface area is 120 Å². The van der Waals surface area contributed by atoms with Crippen LogP contribution in [0.25, 0.3) is 0 Å². The van der Waals surface area contributed by atoms with Crippen molar-refractivity contribution in [2.45, 2.75) is 13.8 Å². The zero-order valence-electron chi connectivity index (χ0n) is 11.7. The van der Waals surface area contributed by atoms with E-state index in [1.54, 1.807) is 13.8 Å². The fourth-order valence-electron chi connectivity index (χ4n) is 1.47. The van der Waals surface area contributed by atoms with Crippen LogP contribution in [0, 0.1) is 23.7 Å². The average molecular weight is 260 g/mol. The number of ketones is 1. The highest BCUT2D eigenvalue weighted by atomic mass is 16.1. The zero-order chi connectivity index (χ0) is 14.6. The molecule has 0 spiro atoms. The Morgan fingerprint density at radius 3 is 1.35 bits per heavy atom. The van der Waals surface area contributed by atoms with Gasteiger partial charge in [-0.15, -0.1) is 0 Å². The van der Waals surface area contributed by atoms with Crippen molar-refractivity contribution < 1.29 is 4.79 Å². The van der Waals surface area contributed by atoms with Crippen molar-refractivity contribution >= 4 is 5.78 Å². The molecule has 0 aliphatic rings. The molecule has 0 bridgehead atoms. The first-order chi connectivity index (χ1) is 9.79. The molecular formula is C19H16O. The Morgan fingerprint density at radius 1 is 0.700 bits per heavy atom. The van der Waals surface area contributed by atoms with Gasteiger partial charge in [-0.3, -0.25) is 4.79 Å². The van der Waals surface area contributed by atoms with Gasteiger partial charge in [-0.05, 0) is 25.7 Å². The maximum Gasteiger partial charge on any atom is 0.193 e. The molecule has 0 fully saturated rings. The summed E-state index contributed by atoms with van der Waals surface area (Å²) in [5.74, 6) is 10.5. The molecule has 0 unspecified atom stereocenters. The van der Waals surface area contributed by atoms with Gasteiger partial charge in [0.05, 0.1) is 0 Å². The maximum atomic E-state index is 11.8. The fourth-order valence-corrected chi connectivity index (χ4v) is 1.47. The smallest absolute Gasteiger partial charge is 0.193 e. The highest BCUT2D eigenvalue weighted by molar-refractivity contribution is 6.08. The van der Waals surface area contributed by atoms with E-state index >= 15 is 0 Å². The molecule has 98 valence electrons. The molecule has 1 heteroatoms. The van der Waals surface area contributed by atoms with Crippen molar-refractivity contribution in [3.8, 4) is 23.7 Å². The molecule has 0 N–H and O–H groups in total. The van der Waals surface area contributed by atoms with E-state index < -0.39 is 0 Å². The molecule has 0 saturated carbocycles. The molecule has 0 amide bonds. The van der Waals surface area contributed by atoms with Gasteiger partial charge in [-0.25, -0.2) is 0 Å². The molecule has 0 atom stereocenters. The third-order valence-electron chi connectivity index (χ3n) is 2.38. The quantitative estimate of drug-likeness (QED) is 0.590. The Bertz CT molecular complexity index is 587. The van der Waals surface area contributed by atoms with Gasteiger partial charge in [-0.1, -0.05) is 72.5 Å². The molecule has 0 saturated heterocycles. The monoisotopic (exact) mass is 260 g/mol. The summed E-state index contributed by atoms with van der Waals surface area (Å²) in [6.45, 7) is 3.54. The lowest BCUT2D eigenvalue weighted by Gasteiger charge is -1.99. The first kappa shape index (κ1) is 15.3. The van der Waals surface area contributed by atoms with Crippen molar-refractivity contribution in [1.82, 2.24) is 0 Å². The fraction of sp³-hybridized carbons (Fsp3) is 0.105. The van der Waals surface area contributed by atoms with Crippen LogP contribution >= 0.6 is 0 Å². The minimum atomic E-state index is 0.0752. The summed E-state index contributed by atoms with van der Waals surface area (Å²) in [6.07, 6.45) is 0. The van der Waals surface area contributed by atoms with Crippen LogP contribution in [0.3, 0.4) is 0 Å². The van der Waals surface area contributed by atoms with Gasteiger partial charge in [0.2, 0.25) is 0 Å². The van der Waals surface area contributed by atoms with Crippen LogP contribution in [0.4, 0.5) is 0 Å². The van der Waals surface area contributed by atoms with E-state index in [2.05, 4.69) is 23.7 Å². The zero-order valence-corrected chi connectivity index (χ0v) is 11.7. The summed E-state index contributed by atoms with van der Waals surface area (Å²) in [5.41, 5.74) is 1.47. The minimum absolute atomic E-state index is 0.0752. The Kier molecular flexibility index (Phi) is 7.03. The predicted molar refractivity (Wildman–Crippen MR) is 83.2 cm³/mol. The summed E-state index contributed by atoms with van der Waals surface area (Å²) >= 11 is 0. The van der Waals surface area contributed by atoms with Crippen molar-refractivity contribution in [1.29, 1.82) is 0 Å². The Hall–Kier alpha value is -2.77. The molecule has 0 heterocycles. The summed E-state index contributed by atoms with van der Waals surface area (Å²) in [6, 6.07) is 18.6. The second-order valence-electron chi connectivity index (χ2n) is 3.81. The van der Waals surface area contributed by atoms with Crippen LogP contribution in [0.1, 0.15) is 29.8 Å². The molecule has 0 aromatic heterocycles. The summed E-state index contributed by atoms with van der Waals surface area (Å²) in [4.78, 5) is 11.8.